The van der Waals surface area contributed by atoms with Gasteiger partial charge < -0.3 is 16.0 Å². The number of anilines is 1. The number of benzene rings is 1. The van der Waals surface area contributed by atoms with E-state index >= 15 is 0 Å². The van der Waals surface area contributed by atoms with Gasteiger partial charge in [-0.2, -0.15) is 0 Å². The van der Waals surface area contributed by atoms with Crippen LogP contribution in [0.15, 0.2) is 30.3 Å². The van der Waals surface area contributed by atoms with E-state index in [1.165, 1.54) is 0 Å². The summed E-state index contributed by atoms with van der Waals surface area (Å²) in [6.45, 7) is 2.04. The fraction of sp³-hybridized carbons (Fsp3) is 0.500. The molecule has 3 N–H and O–H groups in total. The maximum absolute atomic E-state index is 12.1. The molecule has 1 saturated heterocycles. The minimum absolute atomic E-state index is 0. The maximum Gasteiger partial charge on any atom is 0.243 e. The van der Waals surface area contributed by atoms with Gasteiger partial charge in [0.25, 0.3) is 0 Å². The molecular weight excluding hydrogens is 302 g/mol. The number of hydrogen-bond acceptors (Lipinski definition) is 3. The van der Waals surface area contributed by atoms with Crippen LogP contribution in [0.25, 0.3) is 0 Å². The minimum Gasteiger partial charge on any atom is -0.347 e. The second-order valence-corrected chi connectivity index (χ2v) is 6.00. The molecule has 0 aromatic heterocycles. The maximum atomic E-state index is 12.1. The summed E-state index contributed by atoms with van der Waals surface area (Å²) in [5.74, 6) is -0.0567. The van der Waals surface area contributed by atoms with E-state index in [4.69, 9.17) is 0 Å². The van der Waals surface area contributed by atoms with Crippen molar-refractivity contribution in [3.63, 3.8) is 0 Å². The number of para-hydroxylation sites is 1. The van der Waals surface area contributed by atoms with Crippen LogP contribution in [0.2, 0.25) is 0 Å². The lowest BCUT2D eigenvalue weighted by Crippen LogP contribution is -2.37. The van der Waals surface area contributed by atoms with Crippen LogP contribution in [0.5, 0.6) is 0 Å². The summed E-state index contributed by atoms with van der Waals surface area (Å²) in [5, 5.41) is 8.85. The minimum atomic E-state index is -0.186. The summed E-state index contributed by atoms with van der Waals surface area (Å²) >= 11 is 0. The van der Waals surface area contributed by atoms with Crippen LogP contribution in [0.3, 0.4) is 0 Å². The molecule has 1 unspecified atom stereocenters. The van der Waals surface area contributed by atoms with Crippen LogP contribution in [0.4, 0.5) is 5.69 Å². The van der Waals surface area contributed by atoms with E-state index in [-0.39, 0.29) is 42.1 Å². The van der Waals surface area contributed by atoms with Crippen molar-refractivity contribution in [3.8, 4) is 0 Å². The van der Waals surface area contributed by atoms with Crippen LogP contribution in [0.1, 0.15) is 19.3 Å². The number of nitrogens with one attached hydrogen (secondary N) is 3. The molecular formula is C16H22ClN3O2. The molecule has 3 rings (SSSR count). The molecule has 1 aliphatic carbocycles. The van der Waals surface area contributed by atoms with Crippen LogP contribution in [0, 0.1) is 11.3 Å². The Hall–Kier alpha value is -1.59. The van der Waals surface area contributed by atoms with Crippen LogP contribution in [-0.2, 0) is 9.59 Å². The molecule has 120 valence electrons. The lowest BCUT2D eigenvalue weighted by atomic mass is 9.92. The summed E-state index contributed by atoms with van der Waals surface area (Å²) in [5.41, 5.74) is 0.962. The van der Waals surface area contributed by atoms with Gasteiger partial charge in [0.15, 0.2) is 0 Å². The van der Waals surface area contributed by atoms with Crippen molar-refractivity contribution in [2.24, 2.45) is 11.3 Å². The molecule has 1 atom stereocenters. The number of piperidine rings is 1. The number of amides is 2. The average molecular weight is 324 g/mol. The number of halogens is 1. The Morgan fingerprint density at radius 3 is 2.55 bits per heavy atom. The molecule has 1 aromatic carbocycles. The van der Waals surface area contributed by atoms with Crippen LogP contribution < -0.4 is 16.0 Å². The fourth-order valence-electron chi connectivity index (χ4n) is 3.21. The third-order valence-electron chi connectivity index (χ3n) is 4.59. The largest absolute Gasteiger partial charge is 0.347 e. The molecule has 1 heterocycles. The molecule has 5 nitrogen and oxygen atoms in total. The normalized spacial score (nSPS) is 21.5. The van der Waals surface area contributed by atoms with E-state index < -0.39 is 0 Å². The van der Waals surface area contributed by atoms with E-state index in [9.17, 15) is 9.59 Å². The zero-order chi connectivity index (χ0) is 14.7. The Bertz CT molecular complexity index is 529. The highest BCUT2D eigenvalue weighted by Gasteiger charge is 2.57. The third-order valence-corrected chi connectivity index (χ3v) is 4.59. The first kappa shape index (κ1) is 16.8. The van der Waals surface area contributed by atoms with Gasteiger partial charge in [0, 0.05) is 11.6 Å². The Morgan fingerprint density at radius 2 is 1.86 bits per heavy atom. The van der Waals surface area contributed by atoms with Crippen molar-refractivity contribution in [1.29, 1.82) is 0 Å². The first-order chi connectivity index (χ1) is 10.2. The van der Waals surface area contributed by atoms with Gasteiger partial charge in [-0.25, -0.2) is 0 Å². The molecule has 2 amide bonds. The predicted octanol–water partition coefficient (Wildman–Crippen LogP) is 1.55. The molecule has 1 saturated carbocycles. The van der Waals surface area contributed by atoms with Gasteiger partial charge in [-0.05, 0) is 49.9 Å². The molecule has 1 aliphatic heterocycles. The zero-order valence-electron chi connectivity index (χ0n) is 12.4. The lowest BCUT2D eigenvalue weighted by molar-refractivity contribution is -0.125. The highest BCUT2D eigenvalue weighted by molar-refractivity contribution is 5.95. The SMILES string of the molecule is Cl.O=C(CNC(=O)C1CC12CCNCC2)Nc1ccccc1. The van der Waals surface area contributed by atoms with E-state index in [0.29, 0.717) is 0 Å². The van der Waals surface area contributed by atoms with Gasteiger partial charge >= 0.3 is 0 Å². The Balaban J connectivity index is 0.00000176. The van der Waals surface area contributed by atoms with E-state index in [2.05, 4.69) is 16.0 Å². The molecule has 1 spiro atoms. The number of hydrogen-bond donors (Lipinski definition) is 3. The summed E-state index contributed by atoms with van der Waals surface area (Å²) in [4.78, 5) is 23.9. The van der Waals surface area contributed by atoms with Gasteiger partial charge in [0.05, 0.1) is 6.54 Å². The van der Waals surface area contributed by atoms with Gasteiger partial charge in [-0.15, -0.1) is 12.4 Å². The Morgan fingerprint density at radius 1 is 1.18 bits per heavy atom. The smallest absolute Gasteiger partial charge is 0.243 e. The van der Waals surface area contributed by atoms with Crippen molar-refractivity contribution < 1.29 is 9.59 Å². The second-order valence-electron chi connectivity index (χ2n) is 6.00. The molecule has 2 aliphatic rings. The molecule has 0 radical (unpaired) electrons. The number of carbonyl (C=O) groups is 2. The van der Waals surface area contributed by atoms with E-state index in [1.807, 2.05) is 30.3 Å². The molecule has 22 heavy (non-hydrogen) atoms. The standard InChI is InChI=1S/C16H21N3O2.ClH/c20-14(19-12-4-2-1-3-5-12)11-18-15(21)13-10-16(13)6-8-17-9-7-16;/h1-5,13,17H,6-11H2,(H,18,21)(H,19,20);1H. The van der Waals surface area contributed by atoms with Crippen molar-refractivity contribution >= 4 is 29.9 Å². The van der Waals surface area contributed by atoms with Crippen LogP contribution in [-0.4, -0.2) is 31.4 Å². The lowest BCUT2D eigenvalue weighted by Gasteiger charge is -2.23. The van der Waals surface area contributed by atoms with Crippen molar-refractivity contribution in [2.75, 3.05) is 25.0 Å². The van der Waals surface area contributed by atoms with E-state index in [1.54, 1.807) is 0 Å². The number of rotatable bonds is 4. The first-order valence-corrected chi connectivity index (χ1v) is 7.53. The highest BCUT2D eigenvalue weighted by atomic mass is 35.5. The predicted molar refractivity (Wildman–Crippen MR) is 88.0 cm³/mol. The monoisotopic (exact) mass is 323 g/mol. The number of carbonyl (C=O) groups excluding carboxylic acids is 2. The summed E-state index contributed by atoms with van der Waals surface area (Å²) in [7, 11) is 0. The average Bonchev–Trinajstić information content (AvgIpc) is 3.20. The molecule has 1 aromatic rings. The summed E-state index contributed by atoms with van der Waals surface area (Å²) in [6.07, 6.45) is 3.11. The van der Waals surface area contributed by atoms with Gasteiger partial charge in [0.2, 0.25) is 11.8 Å². The quantitative estimate of drug-likeness (QED) is 0.787. The molecule has 2 fully saturated rings. The van der Waals surface area contributed by atoms with Gasteiger partial charge in [-0.1, -0.05) is 18.2 Å². The second kappa shape index (κ2) is 7.11. The Kier molecular flexibility index (Phi) is 5.42. The van der Waals surface area contributed by atoms with Crippen LogP contribution >= 0.6 is 12.4 Å². The van der Waals surface area contributed by atoms with Crippen molar-refractivity contribution in [3.05, 3.63) is 30.3 Å². The fourth-order valence-corrected chi connectivity index (χ4v) is 3.21. The third kappa shape index (κ3) is 3.78. The Labute approximate surface area is 136 Å². The summed E-state index contributed by atoms with van der Waals surface area (Å²) < 4.78 is 0. The molecule has 6 heteroatoms. The first-order valence-electron chi connectivity index (χ1n) is 7.53. The summed E-state index contributed by atoms with van der Waals surface area (Å²) in [6, 6.07) is 9.26. The molecule has 0 bridgehead atoms. The topological polar surface area (TPSA) is 70.2 Å². The van der Waals surface area contributed by atoms with Crippen molar-refractivity contribution in [2.45, 2.75) is 19.3 Å². The zero-order valence-corrected chi connectivity index (χ0v) is 13.2. The van der Waals surface area contributed by atoms with Gasteiger partial charge in [0.1, 0.15) is 0 Å². The van der Waals surface area contributed by atoms with Gasteiger partial charge in [-0.3, -0.25) is 9.59 Å². The van der Waals surface area contributed by atoms with E-state index in [0.717, 1.165) is 38.0 Å². The van der Waals surface area contributed by atoms with Crippen molar-refractivity contribution in [1.82, 2.24) is 10.6 Å². The highest BCUT2D eigenvalue weighted by Crippen LogP contribution is 2.58.